The summed E-state index contributed by atoms with van der Waals surface area (Å²) in [5.41, 5.74) is 3.48. The molecule has 0 N–H and O–H groups in total. The largest absolute Gasteiger partial charge is 0.333 e. The predicted molar refractivity (Wildman–Crippen MR) is 89.1 cm³/mol. The zero-order valence-electron chi connectivity index (χ0n) is 13.3. The van der Waals surface area contributed by atoms with Gasteiger partial charge in [0.25, 0.3) is 5.91 Å². The highest BCUT2D eigenvalue weighted by Gasteiger charge is 2.25. The third kappa shape index (κ3) is 3.05. The molecule has 116 valence electrons. The number of amides is 1. The first-order chi connectivity index (χ1) is 10.5. The van der Waals surface area contributed by atoms with Crippen molar-refractivity contribution in [3.05, 3.63) is 51.0 Å². The van der Waals surface area contributed by atoms with Crippen LogP contribution in [0.25, 0.3) is 0 Å². The van der Waals surface area contributed by atoms with Gasteiger partial charge in [-0.25, -0.2) is 4.98 Å². The molecule has 5 heteroatoms. The molecule has 1 aliphatic rings. The number of carbonyl (C=O) groups excluding carboxylic acids is 1. The van der Waals surface area contributed by atoms with Crippen LogP contribution in [0.1, 0.15) is 31.5 Å². The minimum atomic E-state index is 0.120. The standard InChI is InChI=1S/C17H21N3OS/c1-12-16(22-15(18-12)11-19(2)3)17(21)20-9-8-13-6-4-5-7-14(13)10-20/h4-7H,8-11H2,1-3H3. The van der Waals surface area contributed by atoms with Crippen LogP contribution >= 0.6 is 11.3 Å². The summed E-state index contributed by atoms with van der Waals surface area (Å²) in [5.74, 6) is 0.120. The molecule has 1 amide bonds. The predicted octanol–water partition coefficient (Wildman–Crippen LogP) is 2.71. The lowest BCUT2D eigenvalue weighted by molar-refractivity contribution is 0.0738. The summed E-state index contributed by atoms with van der Waals surface area (Å²) >= 11 is 1.53. The van der Waals surface area contributed by atoms with E-state index >= 15 is 0 Å². The van der Waals surface area contributed by atoms with Crippen LogP contribution in [0.5, 0.6) is 0 Å². The van der Waals surface area contributed by atoms with Gasteiger partial charge in [0, 0.05) is 19.6 Å². The number of aromatic nitrogens is 1. The Kier molecular flexibility index (Phi) is 4.27. The van der Waals surface area contributed by atoms with Crippen LogP contribution < -0.4 is 0 Å². The van der Waals surface area contributed by atoms with Gasteiger partial charge in [0.2, 0.25) is 0 Å². The molecule has 0 fully saturated rings. The summed E-state index contributed by atoms with van der Waals surface area (Å²) < 4.78 is 0. The second-order valence-electron chi connectivity index (χ2n) is 6.01. The Morgan fingerprint density at radius 3 is 2.77 bits per heavy atom. The summed E-state index contributed by atoms with van der Waals surface area (Å²) in [7, 11) is 4.03. The average Bonchev–Trinajstić information content (AvgIpc) is 2.85. The fraction of sp³-hybridized carbons (Fsp3) is 0.412. The van der Waals surface area contributed by atoms with Crippen molar-refractivity contribution in [2.75, 3.05) is 20.6 Å². The maximum Gasteiger partial charge on any atom is 0.266 e. The lowest BCUT2D eigenvalue weighted by Gasteiger charge is -2.28. The number of benzene rings is 1. The Hall–Kier alpha value is -1.72. The molecular weight excluding hydrogens is 294 g/mol. The van der Waals surface area contributed by atoms with Crippen molar-refractivity contribution in [3.8, 4) is 0 Å². The van der Waals surface area contributed by atoms with Crippen LogP contribution in [-0.4, -0.2) is 41.3 Å². The molecule has 22 heavy (non-hydrogen) atoms. The van der Waals surface area contributed by atoms with E-state index in [0.717, 1.165) is 35.1 Å². The molecule has 2 heterocycles. The molecule has 0 atom stereocenters. The van der Waals surface area contributed by atoms with Crippen molar-refractivity contribution in [1.82, 2.24) is 14.8 Å². The number of fused-ring (bicyclic) bond motifs is 1. The zero-order chi connectivity index (χ0) is 15.7. The number of nitrogens with zero attached hydrogens (tertiary/aromatic N) is 3. The van der Waals surface area contributed by atoms with Gasteiger partial charge in [-0.2, -0.15) is 0 Å². The quantitative estimate of drug-likeness (QED) is 0.874. The van der Waals surface area contributed by atoms with Gasteiger partial charge in [-0.15, -0.1) is 11.3 Å². The van der Waals surface area contributed by atoms with Gasteiger partial charge in [0.1, 0.15) is 9.88 Å². The van der Waals surface area contributed by atoms with Crippen molar-refractivity contribution in [2.24, 2.45) is 0 Å². The van der Waals surface area contributed by atoms with Crippen molar-refractivity contribution < 1.29 is 4.79 Å². The maximum atomic E-state index is 12.8. The first-order valence-electron chi connectivity index (χ1n) is 7.51. The highest BCUT2D eigenvalue weighted by atomic mass is 32.1. The Bertz CT molecular complexity index is 693. The molecule has 1 aromatic carbocycles. The van der Waals surface area contributed by atoms with E-state index in [9.17, 15) is 4.79 Å². The SMILES string of the molecule is Cc1nc(CN(C)C)sc1C(=O)N1CCc2ccccc2C1. The highest BCUT2D eigenvalue weighted by molar-refractivity contribution is 7.13. The van der Waals surface area contributed by atoms with E-state index < -0.39 is 0 Å². The molecule has 2 aromatic rings. The van der Waals surface area contributed by atoms with Gasteiger partial charge in [0.05, 0.1) is 5.69 Å². The molecule has 4 nitrogen and oxygen atoms in total. The number of rotatable bonds is 3. The molecule has 0 saturated carbocycles. The lowest BCUT2D eigenvalue weighted by Crippen LogP contribution is -2.35. The number of hydrogen-bond donors (Lipinski definition) is 0. The minimum Gasteiger partial charge on any atom is -0.333 e. The summed E-state index contributed by atoms with van der Waals surface area (Å²) in [6, 6.07) is 8.38. The molecule has 0 saturated heterocycles. The van der Waals surface area contributed by atoms with E-state index in [1.54, 1.807) is 0 Å². The molecule has 0 radical (unpaired) electrons. The Balaban J connectivity index is 1.79. The zero-order valence-corrected chi connectivity index (χ0v) is 14.1. The molecule has 3 rings (SSSR count). The lowest BCUT2D eigenvalue weighted by atomic mass is 10.00. The van der Waals surface area contributed by atoms with Crippen LogP contribution in [-0.2, 0) is 19.5 Å². The third-order valence-electron chi connectivity index (χ3n) is 3.90. The van der Waals surface area contributed by atoms with Crippen molar-refractivity contribution >= 4 is 17.2 Å². The second kappa shape index (κ2) is 6.18. The van der Waals surface area contributed by atoms with Crippen molar-refractivity contribution in [1.29, 1.82) is 0 Å². The van der Waals surface area contributed by atoms with Crippen molar-refractivity contribution in [2.45, 2.75) is 26.4 Å². The Labute approximate surface area is 135 Å². The monoisotopic (exact) mass is 315 g/mol. The first-order valence-corrected chi connectivity index (χ1v) is 8.33. The van der Waals surface area contributed by atoms with Gasteiger partial charge >= 0.3 is 0 Å². The molecule has 1 aliphatic heterocycles. The van der Waals surface area contributed by atoms with E-state index in [2.05, 4.69) is 28.1 Å². The van der Waals surface area contributed by atoms with Crippen LogP contribution in [0.15, 0.2) is 24.3 Å². The van der Waals surface area contributed by atoms with Gasteiger partial charge in [-0.1, -0.05) is 24.3 Å². The smallest absolute Gasteiger partial charge is 0.266 e. The van der Waals surface area contributed by atoms with Gasteiger partial charge in [0.15, 0.2) is 0 Å². The van der Waals surface area contributed by atoms with E-state index in [-0.39, 0.29) is 5.91 Å². The number of hydrogen-bond acceptors (Lipinski definition) is 4. The fourth-order valence-electron chi connectivity index (χ4n) is 2.80. The Morgan fingerprint density at radius 2 is 2.05 bits per heavy atom. The molecule has 0 bridgehead atoms. The van der Waals surface area contributed by atoms with Gasteiger partial charge < -0.3 is 9.80 Å². The summed E-state index contributed by atoms with van der Waals surface area (Å²) in [5, 5.41) is 1.00. The third-order valence-corrected chi connectivity index (χ3v) is 5.03. The molecular formula is C17H21N3OS. The molecule has 0 aliphatic carbocycles. The summed E-state index contributed by atoms with van der Waals surface area (Å²) in [6.07, 6.45) is 0.935. The summed E-state index contributed by atoms with van der Waals surface area (Å²) in [4.78, 5) is 22.2. The van der Waals surface area contributed by atoms with E-state index in [1.165, 1.54) is 22.5 Å². The number of carbonyl (C=O) groups is 1. The van der Waals surface area contributed by atoms with Gasteiger partial charge in [-0.05, 0) is 38.6 Å². The van der Waals surface area contributed by atoms with Gasteiger partial charge in [-0.3, -0.25) is 4.79 Å². The van der Waals surface area contributed by atoms with E-state index in [0.29, 0.717) is 6.54 Å². The number of aryl methyl sites for hydroxylation is 1. The first kappa shape index (κ1) is 15.2. The molecule has 1 aromatic heterocycles. The van der Waals surface area contributed by atoms with Crippen LogP contribution in [0.3, 0.4) is 0 Å². The highest BCUT2D eigenvalue weighted by Crippen LogP contribution is 2.25. The fourth-order valence-corrected chi connectivity index (χ4v) is 3.95. The topological polar surface area (TPSA) is 36.4 Å². The van der Waals surface area contributed by atoms with Crippen LogP contribution in [0.4, 0.5) is 0 Å². The van der Waals surface area contributed by atoms with Crippen LogP contribution in [0.2, 0.25) is 0 Å². The normalized spacial score (nSPS) is 14.3. The summed E-state index contributed by atoms with van der Waals surface area (Å²) in [6.45, 7) is 4.20. The minimum absolute atomic E-state index is 0.120. The second-order valence-corrected chi connectivity index (χ2v) is 7.09. The molecule has 0 spiro atoms. The average molecular weight is 315 g/mol. The van der Waals surface area contributed by atoms with E-state index in [4.69, 9.17) is 0 Å². The number of thiazole rings is 1. The molecule has 0 unspecified atom stereocenters. The van der Waals surface area contributed by atoms with Crippen LogP contribution in [0, 0.1) is 6.92 Å². The maximum absolute atomic E-state index is 12.8. The van der Waals surface area contributed by atoms with E-state index in [1.807, 2.05) is 32.0 Å². The van der Waals surface area contributed by atoms with Crippen molar-refractivity contribution in [3.63, 3.8) is 0 Å². The Morgan fingerprint density at radius 1 is 1.32 bits per heavy atom.